The Kier molecular flexibility index (Phi) is 4.15. The lowest BCUT2D eigenvalue weighted by Crippen LogP contribution is -2.11. The van der Waals surface area contributed by atoms with Gasteiger partial charge in [0.25, 0.3) is 5.91 Å². The number of amides is 1. The molecule has 2 rings (SSSR count). The van der Waals surface area contributed by atoms with Crippen molar-refractivity contribution in [3.8, 4) is 5.75 Å². The zero-order valence-corrected chi connectivity index (χ0v) is 10.5. The van der Waals surface area contributed by atoms with Gasteiger partial charge in [-0.15, -0.1) is 0 Å². The molecule has 0 atom stereocenters. The lowest BCUT2D eigenvalue weighted by atomic mass is 10.2. The Balaban J connectivity index is 2.15. The number of H-pyrrole nitrogens is 1. The van der Waals surface area contributed by atoms with E-state index in [1.807, 2.05) is 6.92 Å². The van der Waals surface area contributed by atoms with Gasteiger partial charge in [0.1, 0.15) is 5.75 Å². The second kappa shape index (κ2) is 6.01. The maximum Gasteiger partial charge on any atom is 0.258 e. The Morgan fingerprint density at radius 1 is 1.53 bits per heavy atom. The van der Waals surface area contributed by atoms with E-state index in [1.165, 1.54) is 12.4 Å². The first-order valence-electron chi connectivity index (χ1n) is 5.91. The predicted molar refractivity (Wildman–Crippen MR) is 70.1 cm³/mol. The molecule has 1 heterocycles. The van der Waals surface area contributed by atoms with Gasteiger partial charge in [0, 0.05) is 17.4 Å². The number of anilines is 1. The number of carbonyl (C=O) groups is 1. The largest absolute Gasteiger partial charge is 0.494 e. The molecule has 0 fully saturated rings. The first kappa shape index (κ1) is 13.1. The molecule has 0 aliphatic carbocycles. The zero-order valence-electron chi connectivity index (χ0n) is 10.5. The summed E-state index contributed by atoms with van der Waals surface area (Å²) in [7, 11) is 0. The zero-order chi connectivity index (χ0) is 13.7. The van der Waals surface area contributed by atoms with Crippen LogP contribution in [0.4, 0.5) is 5.69 Å². The number of carbonyl (C=O) groups excluding carboxylic acids is 1. The molecule has 6 nitrogen and oxygen atoms in total. The smallest absolute Gasteiger partial charge is 0.258 e. The molecule has 0 aliphatic heterocycles. The Bertz CT molecular complexity index is 552. The van der Waals surface area contributed by atoms with Crippen molar-refractivity contribution in [1.29, 1.82) is 0 Å². The molecule has 0 bridgehead atoms. The molecule has 0 aliphatic rings. The number of aromatic amines is 1. The number of nitrogens with zero attached hydrogens (tertiary/aromatic N) is 1. The van der Waals surface area contributed by atoms with E-state index in [-0.39, 0.29) is 12.5 Å². The van der Waals surface area contributed by atoms with Gasteiger partial charge in [-0.1, -0.05) is 0 Å². The molecule has 19 heavy (non-hydrogen) atoms. The van der Waals surface area contributed by atoms with Gasteiger partial charge in [0.05, 0.1) is 25.0 Å². The van der Waals surface area contributed by atoms with Gasteiger partial charge in [0.2, 0.25) is 0 Å². The molecule has 0 saturated carbocycles. The molecule has 0 radical (unpaired) electrons. The molecular formula is C13H15N3O3. The summed E-state index contributed by atoms with van der Waals surface area (Å²) in [6.07, 6.45) is 2.95. The van der Waals surface area contributed by atoms with E-state index in [0.717, 1.165) is 0 Å². The molecular weight excluding hydrogens is 246 g/mol. The average molecular weight is 261 g/mol. The van der Waals surface area contributed by atoms with Crippen LogP contribution in [0.3, 0.4) is 0 Å². The third-order valence-corrected chi connectivity index (χ3v) is 2.55. The predicted octanol–water partition coefficient (Wildman–Crippen LogP) is 1.55. The third-order valence-electron chi connectivity index (χ3n) is 2.55. The number of rotatable bonds is 5. The van der Waals surface area contributed by atoms with E-state index < -0.39 is 0 Å². The lowest BCUT2D eigenvalue weighted by molar-refractivity contribution is 0.102. The van der Waals surface area contributed by atoms with Crippen LogP contribution in [0.1, 0.15) is 22.8 Å². The summed E-state index contributed by atoms with van der Waals surface area (Å²) in [5.41, 5.74) is 1.67. The SMILES string of the molecule is CCOc1ccc(NC(=O)c2cn[nH]c2)cc1CO. The number of aromatic nitrogens is 2. The van der Waals surface area contributed by atoms with Crippen LogP contribution in [-0.2, 0) is 6.61 Å². The van der Waals surface area contributed by atoms with Crippen LogP contribution in [0, 0.1) is 0 Å². The highest BCUT2D eigenvalue weighted by molar-refractivity contribution is 6.03. The van der Waals surface area contributed by atoms with E-state index in [2.05, 4.69) is 15.5 Å². The number of aliphatic hydroxyl groups is 1. The molecule has 0 spiro atoms. The van der Waals surface area contributed by atoms with E-state index in [9.17, 15) is 9.90 Å². The van der Waals surface area contributed by atoms with Crippen molar-refractivity contribution in [2.24, 2.45) is 0 Å². The molecule has 0 unspecified atom stereocenters. The minimum Gasteiger partial charge on any atom is -0.494 e. The van der Waals surface area contributed by atoms with Crippen molar-refractivity contribution in [3.05, 3.63) is 41.7 Å². The monoisotopic (exact) mass is 261 g/mol. The Hall–Kier alpha value is -2.34. The number of aliphatic hydroxyl groups excluding tert-OH is 1. The fourth-order valence-electron chi connectivity index (χ4n) is 1.66. The normalized spacial score (nSPS) is 10.2. The van der Waals surface area contributed by atoms with Crippen molar-refractivity contribution in [3.63, 3.8) is 0 Å². The molecule has 2 aromatic rings. The maximum atomic E-state index is 11.8. The number of hydrogen-bond acceptors (Lipinski definition) is 4. The standard InChI is InChI=1S/C13H15N3O3/c1-2-19-12-4-3-11(5-9(12)8-17)16-13(18)10-6-14-15-7-10/h3-7,17H,2,8H2,1H3,(H,14,15)(H,16,18). The second-order valence-corrected chi connectivity index (χ2v) is 3.85. The highest BCUT2D eigenvalue weighted by Crippen LogP contribution is 2.23. The Morgan fingerprint density at radius 2 is 2.37 bits per heavy atom. The average Bonchev–Trinajstić information content (AvgIpc) is 2.94. The van der Waals surface area contributed by atoms with E-state index in [4.69, 9.17) is 4.74 Å². The first-order valence-corrected chi connectivity index (χ1v) is 5.91. The van der Waals surface area contributed by atoms with Crippen molar-refractivity contribution >= 4 is 11.6 Å². The van der Waals surface area contributed by atoms with Crippen LogP contribution in [-0.4, -0.2) is 27.8 Å². The minimum atomic E-state index is -0.262. The van der Waals surface area contributed by atoms with Crippen LogP contribution < -0.4 is 10.1 Å². The van der Waals surface area contributed by atoms with Gasteiger partial charge in [-0.25, -0.2) is 0 Å². The highest BCUT2D eigenvalue weighted by Gasteiger charge is 2.09. The van der Waals surface area contributed by atoms with Crippen LogP contribution >= 0.6 is 0 Å². The molecule has 1 amide bonds. The summed E-state index contributed by atoms with van der Waals surface area (Å²) in [6, 6.07) is 5.13. The highest BCUT2D eigenvalue weighted by atomic mass is 16.5. The van der Waals surface area contributed by atoms with E-state index in [0.29, 0.717) is 29.2 Å². The molecule has 1 aromatic heterocycles. The van der Waals surface area contributed by atoms with Crippen LogP contribution in [0.25, 0.3) is 0 Å². The van der Waals surface area contributed by atoms with E-state index in [1.54, 1.807) is 18.2 Å². The van der Waals surface area contributed by atoms with E-state index >= 15 is 0 Å². The van der Waals surface area contributed by atoms with Gasteiger partial charge in [-0.3, -0.25) is 9.89 Å². The van der Waals surface area contributed by atoms with Gasteiger partial charge in [-0.2, -0.15) is 5.10 Å². The molecule has 0 saturated heterocycles. The summed E-state index contributed by atoms with van der Waals surface area (Å²) >= 11 is 0. The minimum absolute atomic E-state index is 0.148. The Labute approximate surface area is 110 Å². The second-order valence-electron chi connectivity index (χ2n) is 3.85. The van der Waals surface area contributed by atoms with Gasteiger partial charge < -0.3 is 15.2 Å². The summed E-state index contributed by atoms with van der Waals surface area (Å²) in [5, 5.41) is 18.3. The van der Waals surface area contributed by atoms with Crippen LogP contribution in [0.15, 0.2) is 30.6 Å². The first-order chi connectivity index (χ1) is 9.24. The molecule has 1 aromatic carbocycles. The summed E-state index contributed by atoms with van der Waals surface area (Å²) in [6.45, 7) is 2.24. The number of hydrogen-bond donors (Lipinski definition) is 3. The fraction of sp³-hybridized carbons (Fsp3) is 0.231. The van der Waals surface area contributed by atoms with Gasteiger partial charge >= 0.3 is 0 Å². The molecule has 100 valence electrons. The van der Waals surface area contributed by atoms with Crippen molar-refractivity contribution in [2.45, 2.75) is 13.5 Å². The van der Waals surface area contributed by atoms with Crippen molar-refractivity contribution < 1.29 is 14.6 Å². The van der Waals surface area contributed by atoms with Gasteiger partial charge in [-0.05, 0) is 25.1 Å². The van der Waals surface area contributed by atoms with Crippen molar-refractivity contribution in [2.75, 3.05) is 11.9 Å². The van der Waals surface area contributed by atoms with Crippen LogP contribution in [0.5, 0.6) is 5.75 Å². The van der Waals surface area contributed by atoms with Gasteiger partial charge in [0.15, 0.2) is 0 Å². The molecule has 6 heteroatoms. The summed E-state index contributed by atoms with van der Waals surface area (Å²) < 4.78 is 5.37. The van der Waals surface area contributed by atoms with Crippen LogP contribution in [0.2, 0.25) is 0 Å². The van der Waals surface area contributed by atoms with Crippen molar-refractivity contribution in [1.82, 2.24) is 10.2 Å². The molecule has 3 N–H and O–H groups in total. The third kappa shape index (κ3) is 3.11. The Morgan fingerprint density at radius 3 is 3.00 bits per heavy atom. The summed E-state index contributed by atoms with van der Waals surface area (Å²) in [4.78, 5) is 11.8. The maximum absolute atomic E-state index is 11.8. The summed E-state index contributed by atoms with van der Waals surface area (Å²) in [5.74, 6) is 0.355. The lowest BCUT2D eigenvalue weighted by Gasteiger charge is -2.11. The number of benzene rings is 1. The quantitative estimate of drug-likeness (QED) is 0.762. The number of nitrogens with one attached hydrogen (secondary N) is 2. The number of ether oxygens (including phenoxy) is 1. The fourth-order valence-corrected chi connectivity index (χ4v) is 1.66. The topological polar surface area (TPSA) is 87.2 Å².